The predicted octanol–water partition coefficient (Wildman–Crippen LogP) is 7.55. The third kappa shape index (κ3) is 8.91. The quantitative estimate of drug-likeness (QED) is 0.161. The zero-order valence-electron chi connectivity index (χ0n) is 25.7. The van der Waals surface area contributed by atoms with Crippen LogP contribution in [0.2, 0.25) is 18.1 Å². The summed E-state index contributed by atoms with van der Waals surface area (Å²) in [6.45, 7) is 19.9. The molecule has 1 heterocycles. The van der Waals surface area contributed by atoms with Crippen molar-refractivity contribution in [2.75, 3.05) is 7.11 Å². The zero-order valence-corrected chi connectivity index (χ0v) is 26.7. The van der Waals surface area contributed by atoms with Gasteiger partial charge in [0.2, 0.25) is 0 Å². The summed E-state index contributed by atoms with van der Waals surface area (Å²) >= 11 is 0. The highest BCUT2D eigenvalue weighted by atomic mass is 28.4. The molecule has 0 saturated heterocycles. The molecule has 0 aliphatic rings. The summed E-state index contributed by atoms with van der Waals surface area (Å²) in [6.07, 6.45) is 0.999. The number of aromatic nitrogens is 1. The van der Waals surface area contributed by atoms with Crippen molar-refractivity contribution in [3.8, 4) is 11.1 Å². The molecule has 0 radical (unpaired) electrons. The van der Waals surface area contributed by atoms with Crippen molar-refractivity contribution in [3.63, 3.8) is 0 Å². The number of pyridine rings is 1. The minimum Gasteiger partial charge on any atom is -0.469 e. The van der Waals surface area contributed by atoms with Gasteiger partial charge in [0.15, 0.2) is 8.32 Å². The van der Waals surface area contributed by atoms with E-state index < -0.39 is 38.4 Å². The van der Waals surface area contributed by atoms with Crippen molar-refractivity contribution in [2.24, 2.45) is 0 Å². The molecule has 40 heavy (non-hydrogen) atoms. The van der Waals surface area contributed by atoms with Gasteiger partial charge >= 0.3 is 5.97 Å². The number of nitrogens with zero attached hydrogens (tertiary/aromatic N) is 1. The van der Waals surface area contributed by atoms with Crippen molar-refractivity contribution < 1.29 is 28.2 Å². The summed E-state index contributed by atoms with van der Waals surface area (Å²) in [5.41, 5.74) is 4.97. The number of hydrogen-bond acceptors (Lipinski definition) is 6. The van der Waals surface area contributed by atoms with Gasteiger partial charge in [0.1, 0.15) is 18.0 Å². The lowest BCUT2D eigenvalue weighted by atomic mass is 9.91. The van der Waals surface area contributed by atoms with E-state index in [1.165, 1.54) is 25.3 Å². The molecule has 0 saturated carbocycles. The Hall–Kier alpha value is -2.68. The molecule has 1 atom stereocenters. The maximum absolute atomic E-state index is 14.9. The van der Waals surface area contributed by atoms with Gasteiger partial charge in [0, 0.05) is 28.9 Å². The van der Waals surface area contributed by atoms with Crippen molar-refractivity contribution in [3.05, 3.63) is 58.7 Å². The average molecular weight is 572 g/mol. The third-order valence-corrected chi connectivity index (χ3v) is 12.0. The van der Waals surface area contributed by atoms with Crippen LogP contribution < -0.4 is 0 Å². The summed E-state index contributed by atoms with van der Waals surface area (Å²) in [5, 5.41) is 10.3. The number of aliphatic hydroxyl groups is 1. The number of ether oxygens (including phenoxy) is 1. The first-order valence-corrected chi connectivity index (χ1v) is 16.8. The standard InChI is InChI=1S/C32H46FNO5Si/c1-20(2)29-18-26(27(31(34-29)21(3)4)19-39-40(9,10)32(5,6)7)22-12-14-28(33)23(15-22)11-13-24(35)16-25(36)17-30(37)38-8/h11-15,18,20-21,24,35H,16-17,19H2,1-10H3/b13-11+. The number of esters is 1. The van der Waals surface area contributed by atoms with Crippen LogP contribution in [-0.4, -0.2) is 43.4 Å². The molecule has 8 heteroatoms. The Labute approximate surface area is 240 Å². The summed E-state index contributed by atoms with van der Waals surface area (Å²) in [4.78, 5) is 28.3. The van der Waals surface area contributed by atoms with Crippen LogP contribution in [0.3, 0.4) is 0 Å². The van der Waals surface area contributed by atoms with Gasteiger partial charge in [0.25, 0.3) is 0 Å². The Morgan fingerprint density at radius 2 is 1.75 bits per heavy atom. The minimum absolute atomic E-state index is 0.0450. The molecule has 1 aromatic carbocycles. The van der Waals surface area contributed by atoms with E-state index in [2.05, 4.69) is 72.4 Å². The van der Waals surface area contributed by atoms with Crippen LogP contribution in [0, 0.1) is 5.82 Å². The molecule has 220 valence electrons. The second-order valence-electron chi connectivity index (χ2n) is 12.5. The first-order valence-electron chi connectivity index (χ1n) is 13.9. The van der Waals surface area contributed by atoms with Gasteiger partial charge in [-0.15, -0.1) is 0 Å². The molecule has 0 aliphatic heterocycles. The zero-order chi connectivity index (χ0) is 30.4. The SMILES string of the molecule is COC(=O)CC(=O)CC(O)/C=C/c1cc(-c2cc(C(C)C)nc(C(C)C)c2CO[Si](C)(C)C(C)(C)C)ccc1F. The molecular formula is C32H46FNO5Si. The number of aliphatic hydroxyl groups excluding tert-OH is 1. The Bertz CT molecular complexity index is 1230. The lowest BCUT2D eigenvalue weighted by molar-refractivity contribution is -0.143. The fourth-order valence-corrected chi connectivity index (χ4v) is 4.86. The topological polar surface area (TPSA) is 85.7 Å². The molecule has 6 nitrogen and oxygen atoms in total. The van der Waals surface area contributed by atoms with E-state index in [0.29, 0.717) is 6.61 Å². The van der Waals surface area contributed by atoms with Gasteiger partial charge in [-0.3, -0.25) is 14.6 Å². The molecule has 0 amide bonds. The fourth-order valence-electron chi connectivity index (χ4n) is 3.92. The molecular weight excluding hydrogens is 525 g/mol. The summed E-state index contributed by atoms with van der Waals surface area (Å²) in [5.74, 6) is -1.21. The van der Waals surface area contributed by atoms with Crippen LogP contribution in [-0.2, 0) is 25.4 Å². The molecule has 0 fully saturated rings. The van der Waals surface area contributed by atoms with E-state index in [4.69, 9.17) is 9.41 Å². The Morgan fingerprint density at radius 3 is 2.30 bits per heavy atom. The number of hydrogen-bond donors (Lipinski definition) is 1. The Balaban J connectivity index is 2.54. The maximum atomic E-state index is 14.9. The number of carbonyl (C=O) groups is 2. The molecule has 1 N–H and O–H groups in total. The smallest absolute Gasteiger partial charge is 0.313 e. The second-order valence-corrected chi connectivity index (χ2v) is 17.3. The first-order chi connectivity index (χ1) is 18.5. The van der Waals surface area contributed by atoms with E-state index >= 15 is 0 Å². The highest BCUT2D eigenvalue weighted by molar-refractivity contribution is 6.74. The summed E-state index contributed by atoms with van der Waals surface area (Å²) < 4.78 is 26.0. The highest BCUT2D eigenvalue weighted by Gasteiger charge is 2.37. The highest BCUT2D eigenvalue weighted by Crippen LogP contribution is 2.39. The number of rotatable bonds is 12. The molecule has 0 spiro atoms. The number of Topliss-reactive ketones (excluding diaryl/α,β-unsaturated/α-hetero) is 1. The lowest BCUT2D eigenvalue weighted by Gasteiger charge is -2.36. The van der Waals surface area contributed by atoms with E-state index in [1.54, 1.807) is 12.1 Å². The molecule has 0 aliphatic carbocycles. The first kappa shape index (κ1) is 33.5. The monoisotopic (exact) mass is 571 g/mol. The van der Waals surface area contributed by atoms with Gasteiger partial charge in [-0.1, -0.05) is 66.7 Å². The van der Waals surface area contributed by atoms with Crippen LogP contribution in [0.1, 0.15) is 95.7 Å². The van der Waals surface area contributed by atoms with Crippen molar-refractivity contribution in [1.29, 1.82) is 0 Å². The van der Waals surface area contributed by atoms with E-state index in [0.717, 1.165) is 28.1 Å². The van der Waals surface area contributed by atoms with Gasteiger partial charge in [-0.25, -0.2) is 4.39 Å². The van der Waals surface area contributed by atoms with Gasteiger partial charge < -0.3 is 14.3 Å². The molecule has 2 aromatic rings. The van der Waals surface area contributed by atoms with Crippen LogP contribution in [0.5, 0.6) is 0 Å². The largest absolute Gasteiger partial charge is 0.469 e. The normalized spacial score (nSPS) is 13.3. The van der Waals surface area contributed by atoms with E-state index in [9.17, 15) is 19.1 Å². The summed E-state index contributed by atoms with van der Waals surface area (Å²) in [7, 11) is -0.861. The van der Waals surface area contributed by atoms with Gasteiger partial charge in [-0.05, 0) is 59.3 Å². The fraction of sp³-hybridized carbons (Fsp3) is 0.531. The predicted molar refractivity (Wildman–Crippen MR) is 161 cm³/mol. The summed E-state index contributed by atoms with van der Waals surface area (Å²) in [6, 6.07) is 6.98. The van der Waals surface area contributed by atoms with E-state index in [1.807, 2.05) is 0 Å². The number of halogens is 1. The molecule has 1 unspecified atom stereocenters. The van der Waals surface area contributed by atoms with Gasteiger partial charge in [0.05, 0.1) is 19.8 Å². The number of methoxy groups -OCH3 is 1. The number of ketones is 1. The van der Waals surface area contributed by atoms with Crippen molar-refractivity contribution in [1.82, 2.24) is 4.98 Å². The second kappa shape index (κ2) is 13.8. The molecule has 2 rings (SSSR count). The lowest BCUT2D eigenvalue weighted by Crippen LogP contribution is -2.40. The van der Waals surface area contributed by atoms with Crippen LogP contribution in [0.25, 0.3) is 17.2 Å². The number of carbonyl (C=O) groups excluding carboxylic acids is 2. The molecule has 0 bridgehead atoms. The molecule has 1 aromatic heterocycles. The average Bonchev–Trinajstić information content (AvgIpc) is 2.85. The van der Waals surface area contributed by atoms with Gasteiger partial charge in [-0.2, -0.15) is 0 Å². The van der Waals surface area contributed by atoms with Crippen LogP contribution in [0.15, 0.2) is 30.3 Å². The van der Waals surface area contributed by atoms with Crippen LogP contribution in [0.4, 0.5) is 4.39 Å². The van der Waals surface area contributed by atoms with E-state index in [-0.39, 0.29) is 28.9 Å². The van der Waals surface area contributed by atoms with Crippen molar-refractivity contribution >= 4 is 26.1 Å². The number of benzene rings is 1. The minimum atomic E-state index is -2.06. The third-order valence-electron chi connectivity index (χ3n) is 7.51. The maximum Gasteiger partial charge on any atom is 0.313 e. The Morgan fingerprint density at radius 1 is 1.10 bits per heavy atom. The van der Waals surface area contributed by atoms with Crippen LogP contribution >= 0.6 is 0 Å². The van der Waals surface area contributed by atoms with Crippen molar-refractivity contribution in [2.45, 2.75) is 104 Å². The Kier molecular flexibility index (Phi) is 11.6.